The Morgan fingerprint density at radius 1 is 1.45 bits per heavy atom. The molecule has 3 rings (SSSR count). The van der Waals surface area contributed by atoms with Gasteiger partial charge in [-0.05, 0) is 30.5 Å². The molecule has 0 bridgehead atoms. The zero-order chi connectivity index (χ0) is 15.4. The lowest BCUT2D eigenvalue weighted by Crippen LogP contribution is -2.31. The number of nitrogens with zero attached hydrogens (tertiary/aromatic N) is 4. The average molecular weight is 300 g/mol. The molecule has 1 amide bonds. The number of carbonyl (C=O) groups excluding carboxylic acids is 1. The number of amides is 1. The van der Waals surface area contributed by atoms with Crippen LogP contribution in [0.2, 0.25) is 0 Å². The number of likely N-dealkylation sites (tertiary alicyclic amines) is 1. The van der Waals surface area contributed by atoms with Gasteiger partial charge in [0.25, 0.3) is 0 Å². The lowest BCUT2D eigenvalue weighted by molar-refractivity contribution is -0.132. The summed E-state index contributed by atoms with van der Waals surface area (Å²) >= 11 is 0. The van der Waals surface area contributed by atoms with Gasteiger partial charge in [0.05, 0.1) is 19.7 Å². The fourth-order valence-corrected chi connectivity index (χ4v) is 2.96. The molecule has 6 heteroatoms. The highest BCUT2D eigenvalue weighted by molar-refractivity contribution is 5.77. The van der Waals surface area contributed by atoms with Crippen LogP contribution in [0.3, 0.4) is 0 Å². The maximum absolute atomic E-state index is 12.5. The van der Waals surface area contributed by atoms with Crippen LogP contribution in [0.5, 0.6) is 5.75 Å². The molecule has 2 heterocycles. The topological polar surface area (TPSA) is 60.2 Å². The third-order valence-electron chi connectivity index (χ3n) is 4.07. The summed E-state index contributed by atoms with van der Waals surface area (Å²) in [5, 5.41) is 4.03. The number of benzene rings is 1. The Labute approximate surface area is 129 Å². The van der Waals surface area contributed by atoms with E-state index >= 15 is 0 Å². The molecule has 0 N–H and O–H groups in total. The number of hydrogen-bond acceptors (Lipinski definition) is 4. The van der Waals surface area contributed by atoms with E-state index in [-0.39, 0.29) is 11.9 Å². The molecule has 22 heavy (non-hydrogen) atoms. The van der Waals surface area contributed by atoms with Gasteiger partial charge in [0.2, 0.25) is 5.91 Å². The third-order valence-corrected chi connectivity index (χ3v) is 4.07. The van der Waals surface area contributed by atoms with Crippen molar-refractivity contribution in [1.29, 1.82) is 0 Å². The van der Waals surface area contributed by atoms with Crippen molar-refractivity contribution in [3.8, 4) is 5.75 Å². The van der Waals surface area contributed by atoms with Gasteiger partial charge in [-0.1, -0.05) is 12.1 Å². The normalized spacial score (nSPS) is 17.7. The second-order valence-corrected chi connectivity index (χ2v) is 5.43. The van der Waals surface area contributed by atoms with E-state index in [4.69, 9.17) is 4.74 Å². The number of methoxy groups -OCH3 is 1. The largest absolute Gasteiger partial charge is 0.497 e. The van der Waals surface area contributed by atoms with Crippen molar-refractivity contribution in [2.24, 2.45) is 0 Å². The number of rotatable bonds is 5. The Hall–Kier alpha value is -2.37. The number of aromatic nitrogens is 3. The zero-order valence-corrected chi connectivity index (χ0v) is 12.7. The third kappa shape index (κ3) is 3.10. The summed E-state index contributed by atoms with van der Waals surface area (Å²) in [7, 11) is 1.66. The van der Waals surface area contributed by atoms with Gasteiger partial charge >= 0.3 is 0 Å². The molecule has 1 atom stereocenters. The molecule has 116 valence electrons. The molecule has 1 aliphatic heterocycles. The molecule has 1 saturated heterocycles. The molecule has 0 saturated carbocycles. The van der Waals surface area contributed by atoms with Crippen LogP contribution in [0.1, 0.15) is 30.9 Å². The van der Waals surface area contributed by atoms with Crippen LogP contribution in [0.15, 0.2) is 36.9 Å². The van der Waals surface area contributed by atoms with Gasteiger partial charge in [-0.3, -0.25) is 9.48 Å². The molecule has 1 aromatic carbocycles. The first kappa shape index (κ1) is 14.6. The van der Waals surface area contributed by atoms with Crippen molar-refractivity contribution in [2.75, 3.05) is 13.7 Å². The molecule has 0 spiro atoms. The summed E-state index contributed by atoms with van der Waals surface area (Å²) in [6.45, 7) is 1.39. The SMILES string of the molecule is COc1cccc([C@@H]2CCCN2C(=O)CCn2cncn2)c1. The monoisotopic (exact) mass is 300 g/mol. The highest BCUT2D eigenvalue weighted by Gasteiger charge is 2.29. The van der Waals surface area contributed by atoms with Crippen molar-refractivity contribution in [1.82, 2.24) is 19.7 Å². The summed E-state index contributed by atoms with van der Waals surface area (Å²) < 4.78 is 6.97. The molecular weight excluding hydrogens is 280 g/mol. The van der Waals surface area contributed by atoms with Gasteiger partial charge in [0.1, 0.15) is 18.4 Å². The van der Waals surface area contributed by atoms with Crippen molar-refractivity contribution in [2.45, 2.75) is 31.8 Å². The Bertz CT molecular complexity index is 627. The van der Waals surface area contributed by atoms with Gasteiger partial charge in [0, 0.05) is 13.0 Å². The minimum Gasteiger partial charge on any atom is -0.497 e. The Morgan fingerprint density at radius 2 is 2.36 bits per heavy atom. The van der Waals surface area contributed by atoms with E-state index in [1.807, 2.05) is 23.1 Å². The van der Waals surface area contributed by atoms with Gasteiger partial charge < -0.3 is 9.64 Å². The minimum absolute atomic E-state index is 0.151. The predicted molar refractivity (Wildman–Crippen MR) is 81.3 cm³/mol. The fourth-order valence-electron chi connectivity index (χ4n) is 2.96. The van der Waals surface area contributed by atoms with Crippen molar-refractivity contribution in [3.05, 3.63) is 42.5 Å². The molecule has 1 aromatic heterocycles. The van der Waals surface area contributed by atoms with E-state index in [9.17, 15) is 4.79 Å². The van der Waals surface area contributed by atoms with Crippen LogP contribution < -0.4 is 4.74 Å². The molecule has 0 aliphatic carbocycles. The maximum atomic E-state index is 12.5. The van der Waals surface area contributed by atoms with E-state index < -0.39 is 0 Å². The highest BCUT2D eigenvalue weighted by Crippen LogP contribution is 2.33. The minimum atomic E-state index is 0.151. The maximum Gasteiger partial charge on any atom is 0.224 e. The first-order chi connectivity index (χ1) is 10.8. The average Bonchev–Trinajstić information content (AvgIpc) is 3.24. The van der Waals surface area contributed by atoms with Gasteiger partial charge in [-0.2, -0.15) is 5.10 Å². The van der Waals surface area contributed by atoms with Crippen LogP contribution in [-0.2, 0) is 11.3 Å². The van der Waals surface area contributed by atoms with Gasteiger partial charge in [-0.15, -0.1) is 0 Å². The number of aryl methyl sites for hydroxylation is 1. The number of ether oxygens (including phenoxy) is 1. The molecule has 1 fully saturated rings. The molecule has 1 aliphatic rings. The van der Waals surface area contributed by atoms with Crippen LogP contribution >= 0.6 is 0 Å². The molecule has 6 nitrogen and oxygen atoms in total. The fraction of sp³-hybridized carbons (Fsp3) is 0.438. The smallest absolute Gasteiger partial charge is 0.224 e. The van der Waals surface area contributed by atoms with E-state index in [1.54, 1.807) is 18.1 Å². The number of hydrogen-bond donors (Lipinski definition) is 0. The summed E-state index contributed by atoms with van der Waals surface area (Å²) in [6.07, 6.45) is 5.61. The van der Waals surface area contributed by atoms with Crippen LogP contribution in [-0.4, -0.2) is 39.2 Å². The lowest BCUT2D eigenvalue weighted by Gasteiger charge is -2.25. The molecular formula is C16H20N4O2. The summed E-state index contributed by atoms with van der Waals surface area (Å²) in [5.41, 5.74) is 1.14. The molecule has 2 aromatic rings. The zero-order valence-electron chi connectivity index (χ0n) is 12.7. The Balaban J connectivity index is 1.68. The van der Waals surface area contributed by atoms with Crippen LogP contribution in [0, 0.1) is 0 Å². The summed E-state index contributed by atoms with van der Waals surface area (Å²) in [4.78, 5) is 18.4. The van der Waals surface area contributed by atoms with Crippen LogP contribution in [0.4, 0.5) is 0 Å². The second-order valence-electron chi connectivity index (χ2n) is 5.43. The highest BCUT2D eigenvalue weighted by atomic mass is 16.5. The van der Waals surface area contributed by atoms with E-state index in [2.05, 4.69) is 16.1 Å². The van der Waals surface area contributed by atoms with E-state index in [0.29, 0.717) is 13.0 Å². The Morgan fingerprint density at radius 3 is 3.14 bits per heavy atom. The standard InChI is InChI=1S/C16H20N4O2/c1-22-14-5-2-4-13(10-14)15-6-3-8-20(15)16(21)7-9-19-12-17-11-18-19/h2,4-5,10-12,15H,3,6-9H2,1H3/t15-/m0/s1. The van der Waals surface area contributed by atoms with E-state index in [0.717, 1.165) is 30.7 Å². The Kier molecular flexibility index (Phi) is 4.37. The molecule has 0 radical (unpaired) electrons. The second kappa shape index (κ2) is 6.60. The van der Waals surface area contributed by atoms with Crippen molar-refractivity contribution in [3.63, 3.8) is 0 Å². The first-order valence-corrected chi connectivity index (χ1v) is 7.54. The quantitative estimate of drug-likeness (QED) is 0.848. The summed E-state index contributed by atoms with van der Waals surface area (Å²) in [5.74, 6) is 1.00. The first-order valence-electron chi connectivity index (χ1n) is 7.54. The van der Waals surface area contributed by atoms with Crippen molar-refractivity contribution < 1.29 is 9.53 Å². The van der Waals surface area contributed by atoms with Gasteiger partial charge in [-0.25, -0.2) is 4.98 Å². The lowest BCUT2D eigenvalue weighted by atomic mass is 10.0. The van der Waals surface area contributed by atoms with E-state index in [1.165, 1.54) is 6.33 Å². The van der Waals surface area contributed by atoms with Crippen molar-refractivity contribution >= 4 is 5.91 Å². The van der Waals surface area contributed by atoms with Crippen LogP contribution in [0.25, 0.3) is 0 Å². The molecule has 0 unspecified atom stereocenters. The van der Waals surface area contributed by atoms with Gasteiger partial charge in [0.15, 0.2) is 0 Å². The summed E-state index contributed by atoms with van der Waals surface area (Å²) in [6, 6.07) is 8.14. The predicted octanol–water partition coefficient (Wildman–Crippen LogP) is 2.04. The number of carbonyl (C=O) groups is 1.